The molecule has 1 aromatic carbocycles. The average Bonchev–Trinajstić information content (AvgIpc) is 2.45. The molecule has 20 heavy (non-hydrogen) atoms. The van der Waals surface area contributed by atoms with Gasteiger partial charge in [0.25, 0.3) is 0 Å². The number of halogens is 2. The van der Waals surface area contributed by atoms with Gasteiger partial charge in [-0.05, 0) is 49.8 Å². The fraction of sp³-hybridized carbons (Fsp3) is 0.625. The van der Waals surface area contributed by atoms with Crippen LogP contribution in [0.4, 0.5) is 8.78 Å². The Morgan fingerprint density at radius 2 is 2.05 bits per heavy atom. The number of rotatable bonds is 6. The number of nitrogens with one attached hydrogen (secondary N) is 1. The molecule has 1 unspecified atom stereocenters. The number of hydrogen-bond acceptors (Lipinski definition) is 2. The van der Waals surface area contributed by atoms with Gasteiger partial charge >= 0.3 is 0 Å². The molecule has 0 saturated carbocycles. The lowest BCUT2D eigenvalue weighted by molar-refractivity contribution is 0.0606. The zero-order valence-corrected chi connectivity index (χ0v) is 12.0. The SMILES string of the molecule is CCNC(Cc1cccc(F)c1F)CC1CCOCC1. The molecule has 1 N–H and O–H groups in total. The summed E-state index contributed by atoms with van der Waals surface area (Å²) >= 11 is 0. The first-order valence-corrected chi connectivity index (χ1v) is 7.44. The van der Waals surface area contributed by atoms with Crippen molar-refractivity contribution >= 4 is 0 Å². The molecule has 1 atom stereocenters. The van der Waals surface area contributed by atoms with Gasteiger partial charge in [-0.2, -0.15) is 0 Å². The molecule has 2 nitrogen and oxygen atoms in total. The van der Waals surface area contributed by atoms with Gasteiger partial charge in [-0.25, -0.2) is 8.78 Å². The van der Waals surface area contributed by atoms with E-state index >= 15 is 0 Å². The molecule has 0 radical (unpaired) electrons. The Kier molecular flexibility index (Phi) is 5.92. The molecule has 112 valence electrons. The Morgan fingerprint density at radius 1 is 1.30 bits per heavy atom. The van der Waals surface area contributed by atoms with Crippen LogP contribution in [0.1, 0.15) is 31.7 Å². The summed E-state index contributed by atoms with van der Waals surface area (Å²) in [4.78, 5) is 0. The number of benzene rings is 1. The maximum atomic E-state index is 13.8. The third kappa shape index (κ3) is 4.25. The molecular formula is C16H23F2NO. The van der Waals surface area contributed by atoms with Crippen LogP contribution in [0.15, 0.2) is 18.2 Å². The van der Waals surface area contributed by atoms with E-state index in [1.54, 1.807) is 12.1 Å². The lowest BCUT2D eigenvalue weighted by Gasteiger charge is -2.27. The third-order valence-corrected chi connectivity index (χ3v) is 3.95. The van der Waals surface area contributed by atoms with E-state index in [-0.39, 0.29) is 6.04 Å². The molecule has 0 spiro atoms. The largest absolute Gasteiger partial charge is 0.381 e. The minimum absolute atomic E-state index is 0.194. The van der Waals surface area contributed by atoms with Crippen LogP contribution in [0.25, 0.3) is 0 Å². The summed E-state index contributed by atoms with van der Waals surface area (Å²) in [6, 6.07) is 4.61. The van der Waals surface area contributed by atoms with Crippen molar-refractivity contribution in [1.29, 1.82) is 0 Å². The van der Waals surface area contributed by atoms with Crippen LogP contribution in [0.5, 0.6) is 0 Å². The van der Waals surface area contributed by atoms with E-state index in [0.29, 0.717) is 17.9 Å². The summed E-state index contributed by atoms with van der Waals surface area (Å²) in [6.07, 6.45) is 3.66. The molecule has 0 bridgehead atoms. The van der Waals surface area contributed by atoms with Crippen molar-refractivity contribution in [2.45, 2.75) is 38.6 Å². The molecule has 0 aliphatic carbocycles. The van der Waals surface area contributed by atoms with E-state index in [1.165, 1.54) is 6.07 Å². The van der Waals surface area contributed by atoms with Crippen LogP contribution in [0.3, 0.4) is 0 Å². The van der Waals surface area contributed by atoms with E-state index in [9.17, 15) is 8.78 Å². The maximum absolute atomic E-state index is 13.8. The second-order valence-electron chi connectivity index (χ2n) is 5.46. The fourth-order valence-electron chi connectivity index (χ4n) is 2.88. The summed E-state index contributed by atoms with van der Waals surface area (Å²) in [5.74, 6) is -0.851. The Bertz CT molecular complexity index is 419. The Balaban J connectivity index is 1.98. The van der Waals surface area contributed by atoms with Crippen LogP contribution in [0, 0.1) is 17.6 Å². The monoisotopic (exact) mass is 283 g/mol. The van der Waals surface area contributed by atoms with Crippen molar-refractivity contribution in [3.63, 3.8) is 0 Å². The minimum atomic E-state index is -0.760. The zero-order valence-electron chi connectivity index (χ0n) is 12.0. The standard InChI is InChI=1S/C16H23F2NO/c1-2-19-14(10-12-6-8-20-9-7-12)11-13-4-3-5-15(17)16(13)18/h3-5,12,14,19H,2,6-11H2,1H3. The molecule has 1 fully saturated rings. The first-order chi connectivity index (χ1) is 9.70. The van der Waals surface area contributed by atoms with Gasteiger partial charge in [0.1, 0.15) is 0 Å². The number of ether oxygens (including phenoxy) is 1. The fourth-order valence-corrected chi connectivity index (χ4v) is 2.88. The molecule has 1 aliphatic heterocycles. The molecule has 1 saturated heterocycles. The Labute approximate surface area is 119 Å². The predicted octanol–water partition coefficient (Wildman–Crippen LogP) is 3.30. The van der Waals surface area contributed by atoms with E-state index in [4.69, 9.17) is 4.74 Å². The summed E-state index contributed by atoms with van der Waals surface area (Å²) < 4.78 is 32.4. The van der Waals surface area contributed by atoms with Crippen molar-refractivity contribution in [3.8, 4) is 0 Å². The van der Waals surface area contributed by atoms with Gasteiger partial charge in [0.2, 0.25) is 0 Å². The van der Waals surface area contributed by atoms with Gasteiger partial charge in [-0.15, -0.1) is 0 Å². The molecule has 0 amide bonds. The third-order valence-electron chi connectivity index (χ3n) is 3.95. The van der Waals surface area contributed by atoms with Crippen LogP contribution < -0.4 is 5.32 Å². The summed E-state index contributed by atoms with van der Waals surface area (Å²) in [5, 5.41) is 3.40. The van der Waals surface area contributed by atoms with Crippen LogP contribution in [0.2, 0.25) is 0 Å². The van der Waals surface area contributed by atoms with Gasteiger partial charge in [0.05, 0.1) is 0 Å². The summed E-state index contributed by atoms with van der Waals surface area (Å²) in [7, 11) is 0. The van der Waals surface area contributed by atoms with Crippen LogP contribution >= 0.6 is 0 Å². The highest BCUT2D eigenvalue weighted by atomic mass is 19.2. The molecule has 4 heteroatoms. The first kappa shape index (κ1) is 15.4. The topological polar surface area (TPSA) is 21.3 Å². The van der Waals surface area contributed by atoms with Gasteiger partial charge in [0, 0.05) is 19.3 Å². The van der Waals surface area contributed by atoms with Gasteiger partial charge in [-0.1, -0.05) is 19.1 Å². The number of likely N-dealkylation sites (N-methyl/N-ethyl adjacent to an activating group) is 1. The summed E-state index contributed by atoms with van der Waals surface area (Å²) in [6.45, 7) is 4.51. The van der Waals surface area contributed by atoms with E-state index in [0.717, 1.165) is 39.0 Å². The molecule has 0 aromatic heterocycles. The lowest BCUT2D eigenvalue weighted by atomic mass is 9.89. The predicted molar refractivity (Wildman–Crippen MR) is 75.7 cm³/mol. The van der Waals surface area contributed by atoms with Gasteiger partial charge in [-0.3, -0.25) is 0 Å². The highest BCUT2D eigenvalue weighted by Gasteiger charge is 2.20. The lowest BCUT2D eigenvalue weighted by Crippen LogP contribution is -2.34. The maximum Gasteiger partial charge on any atom is 0.162 e. The second kappa shape index (κ2) is 7.70. The molecular weight excluding hydrogens is 260 g/mol. The first-order valence-electron chi connectivity index (χ1n) is 7.44. The van der Waals surface area contributed by atoms with Crippen molar-refractivity contribution < 1.29 is 13.5 Å². The van der Waals surface area contributed by atoms with Gasteiger partial charge < -0.3 is 10.1 Å². The molecule has 1 aromatic rings. The normalized spacial score (nSPS) is 18.1. The Morgan fingerprint density at radius 3 is 2.75 bits per heavy atom. The van der Waals surface area contributed by atoms with E-state index in [2.05, 4.69) is 5.32 Å². The number of hydrogen-bond donors (Lipinski definition) is 1. The second-order valence-corrected chi connectivity index (χ2v) is 5.46. The van der Waals surface area contributed by atoms with Crippen molar-refractivity contribution in [2.24, 2.45) is 5.92 Å². The van der Waals surface area contributed by atoms with Crippen LogP contribution in [-0.2, 0) is 11.2 Å². The molecule has 1 heterocycles. The van der Waals surface area contributed by atoms with Crippen molar-refractivity contribution in [2.75, 3.05) is 19.8 Å². The highest BCUT2D eigenvalue weighted by molar-refractivity contribution is 5.20. The minimum Gasteiger partial charge on any atom is -0.381 e. The van der Waals surface area contributed by atoms with Crippen molar-refractivity contribution in [1.82, 2.24) is 5.32 Å². The van der Waals surface area contributed by atoms with Crippen molar-refractivity contribution in [3.05, 3.63) is 35.4 Å². The highest BCUT2D eigenvalue weighted by Crippen LogP contribution is 2.22. The van der Waals surface area contributed by atoms with Gasteiger partial charge in [0.15, 0.2) is 11.6 Å². The van der Waals surface area contributed by atoms with E-state index in [1.807, 2.05) is 6.92 Å². The van der Waals surface area contributed by atoms with Crippen LogP contribution in [-0.4, -0.2) is 25.8 Å². The summed E-state index contributed by atoms with van der Waals surface area (Å²) in [5.41, 5.74) is 0.461. The van der Waals surface area contributed by atoms with E-state index < -0.39 is 11.6 Å². The molecule has 1 aliphatic rings. The Hall–Kier alpha value is -1.00. The quantitative estimate of drug-likeness (QED) is 0.865. The smallest absolute Gasteiger partial charge is 0.162 e. The average molecular weight is 283 g/mol. The zero-order chi connectivity index (χ0) is 14.4. The molecule has 2 rings (SSSR count).